The van der Waals surface area contributed by atoms with Gasteiger partial charge in [0.1, 0.15) is 0 Å². The summed E-state index contributed by atoms with van der Waals surface area (Å²) in [7, 11) is 1.55. The Kier molecular flexibility index (Phi) is 2.05. The predicted molar refractivity (Wildman–Crippen MR) is 41.5 cm³/mol. The quantitative estimate of drug-likeness (QED) is 0.482. The molecule has 2 N–H and O–H groups in total. The maximum absolute atomic E-state index is 12.8. The van der Waals surface area contributed by atoms with Crippen LogP contribution in [0, 0.1) is 12.7 Å². The third-order valence-corrected chi connectivity index (χ3v) is 1.30. The molecule has 0 unspecified atom stereocenters. The summed E-state index contributed by atoms with van der Waals surface area (Å²) in [6, 6.07) is 2.95. The molecule has 1 aromatic rings. The van der Waals surface area contributed by atoms with E-state index in [-0.39, 0.29) is 5.82 Å². The average molecular weight is 155 g/mol. The average Bonchev–Trinajstić information content (AvgIpc) is 1.94. The van der Waals surface area contributed by atoms with Crippen LogP contribution in [0.4, 0.5) is 10.2 Å². The fourth-order valence-corrected chi connectivity index (χ4v) is 0.773. The molecular formula is C7H10FN3. The molecule has 0 bridgehead atoms. The highest BCUT2D eigenvalue weighted by atomic mass is 19.1. The molecule has 0 aliphatic carbocycles. The van der Waals surface area contributed by atoms with Crippen LogP contribution in [0.2, 0.25) is 0 Å². The van der Waals surface area contributed by atoms with Gasteiger partial charge in [-0.3, -0.25) is 5.01 Å². The lowest BCUT2D eigenvalue weighted by Crippen LogP contribution is -2.27. The van der Waals surface area contributed by atoms with Gasteiger partial charge in [-0.15, -0.1) is 0 Å². The van der Waals surface area contributed by atoms with E-state index in [0.29, 0.717) is 0 Å². The minimum Gasteiger partial charge on any atom is -0.296 e. The summed E-state index contributed by atoms with van der Waals surface area (Å²) < 4.78 is 12.8. The topological polar surface area (TPSA) is 42.1 Å². The third-order valence-electron chi connectivity index (χ3n) is 1.30. The summed E-state index contributed by atoms with van der Waals surface area (Å²) in [5.41, 5.74) is 0.749. The molecular weight excluding hydrogens is 145 g/mol. The zero-order valence-corrected chi connectivity index (χ0v) is 6.50. The Hall–Kier alpha value is -1.16. The number of nitrogens with zero attached hydrogens (tertiary/aromatic N) is 2. The first-order valence-electron chi connectivity index (χ1n) is 3.23. The maximum Gasteiger partial charge on any atom is 0.179 e. The lowest BCUT2D eigenvalue weighted by Gasteiger charge is -2.11. The van der Waals surface area contributed by atoms with Gasteiger partial charge in [0, 0.05) is 12.7 Å². The van der Waals surface area contributed by atoms with Crippen LogP contribution in [0.1, 0.15) is 5.69 Å². The second-order valence-corrected chi connectivity index (χ2v) is 2.37. The monoisotopic (exact) mass is 155 g/mol. The van der Waals surface area contributed by atoms with Crippen molar-refractivity contribution < 1.29 is 4.39 Å². The first kappa shape index (κ1) is 7.94. The second kappa shape index (κ2) is 2.84. The molecule has 0 atom stereocenters. The normalized spacial score (nSPS) is 9.82. The van der Waals surface area contributed by atoms with E-state index < -0.39 is 5.82 Å². The van der Waals surface area contributed by atoms with Crippen LogP contribution < -0.4 is 10.9 Å². The summed E-state index contributed by atoms with van der Waals surface area (Å²) in [5.74, 6) is 5.08. The number of halogens is 1. The Morgan fingerprint density at radius 2 is 2.18 bits per heavy atom. The summed E-state index contributed by atoms with van der Waals surface area (Å²) in [5, 5.41) is 1.16. The Morgan fingerprint density at radius 1 is 1.55 bits per heavy atom. The van der Waals surface area contributed by atoms with E-state index in [2.05, 4.69) is 4.98 Å². The van der Waals surface area contributed by atoms with E-state index in [1.807, 2.05) is 0 Å². The number of pyridine rings is 1. The van der Waals surface area contributed by atoms with E-state index in [0.717, 1.165) is 10.7 Å². The van der Waals surface area contributed by atoms with E-state index >= 15 is 0 Å². The van der Waals surface area contributed by atoms with Crippen LogP contribution in [0.3, 0.4) is 0 Å². The molecule has 0 aliphatic rings. The largest absolute Gasteiger partial charge is 0.296 e. The molecule has 0 aliphatic heterocycles. The van der Waals surface area contributed by atoms with Crippen LogP contribution in [0.15, 0.2) is 12.1 Å². The van der Waals surface area contributed by atoms with Crippen LogP contribution >= 0.6 is 0 Å². The number of hydrazine groups is 1. The Balaban J connectivity index is 3.13. The number of rotatable bonds is 1. The van der Waals surface area contributed by atoms with Crippen LogP contribution in [0.5, 0.6) is 0 Å². The van der Waals surface area contributed by atoms with Gasteiger partial charge >= 0.3 is 0 Å². The highest BCUT2D eigenvalue weighted by molar-refractivity contribution is 5.37. The first-order chi connectivity index (χ1) is 5.11. The molecule has 4 heteroatoms. The lowest BCUT2D eigenvalue weighted by atomic mass is 10.3. The van der Waals surface area contributed by atoms with Gasteiger partial charge in [-0.2, -0.15) is 0 Å². The molecule has 11 heavy (non-hydrogen) atoms. The van der Waals surface area contributed by atoms with Gasteiger partial charge in [0.15, 0.2) is 11.6 Å². The summed E-state index contributed by atoms with van der Waals surface area (Å²) in [4.78, 5) is 3.90. The number of nitrogens with two attached hydrogens (primary N) is 1. The van der Waals surface area contributed by atoms with Gasteiger partial charge < -0.3 is 0 Å². The van der Waals surface area contributed by atoms with Crippen molar-refractivity contribution in [2.75, 3.05) is 12.1 Å². The zero-order chi connectivity index (χ0) is 8.43. The van der Waals surface area contributed by atoms with Crippen LogP contribution in [-0.4, -0.2) is 12.0 Å². The number of aryl methyl sites for hydroxylation is 1. The molecule has 0 aromatic carbocycles. The Bertz CT molecular complexity index is 260. The Morgan fingerprint density at radius 3 is 2.64 bits per heavy atom. The van der Waals surface area contributed by atoms with Crippen LogP contribution in [-0.2, 0) is 0 Å². The van der Waals surface area contributed by atoms with Crippen molar-refractivity contribution in [1.29, 1.82) is 0 Å². The SMILES string of the molecule is Cc1ccc(F)c(N(C)N)n1. The molecule has 0 spiro atoms. The standard InChI is InChI=1S/C7H10FN3/c1-5-3-4-6(8)7(10-5)11(2)9/h3-4H,9H2,1-2H3. The number of hydrogen-bond donors (Lipinski definition) is 1. The van der Waals surface area contributed by atoms with Crippen molar-refractivity contribution in [1.82, 2.24) is 4.98 Å². The van der Waals surface area contributed by atoms with Crippen molar-refractivity contribution in [3.8, 4) is 0 Å². The minimum atomic E-state index is -0.402. The summed E-state index contributed by atoms with van der Waals surface area (Å²) in [6.07, 6.45) is 0. The fraction of sp³-hybridized carbons (Fsp3) is 0.286. The molecule has 60 valence electrons. The molecule has 3 nitrogen and oxygen atoms in total. The molecule has 0 amide bonds. The van der Waals surface area contributed by atoms with Crippen molar-refractivity contribution >= 4 is 5.82 Å². The maximum atomic E-state index is 12.8. The van der Waals surface area contributed by atoms with Gasteiger partial charge in [0.2, 0.25) is 0 Å². The molecule has 1 heterocycles. The zero-order valence-electron chi connectivity index (χ0n) is 6.50. The predicted octanol–water partition coefficient (Wildman–Crippen LogP) is 0.839. The van der Waals surface area contributed by atoms with E-state index in [1.165, 1.54) is 6.07 Å². The lowest BCUT2D eigenvalue weighted by molar-refractivity contribution is 0.615. The number of hydrogen-bond acceptors (Lipinski definition) is 3. The van der Waals surface area contributed by atoms with Crippen molar-refractivity contribution in [2.24, 2.45) is 5.84 Å². The van der Waals surface area contributed by atoms with E-state index in [9.17, 15) is 4.39 Å². The second-order valence-electron chi connectivity index (χ2n) is 2.37. The van der Waals surface area contributed by atoms with Crippen molar-refractivity contribution in [3.63, 3.8) is 0 Å². The van der Waals surface area contributed by atoms with Gasteiger partial charge in [-0.25, -0.2) is 15.2 Å². The molecule has 0 saturated heterocycles. The first-order valence-corrected chi connectivity index (χ1v) is 3.23. The van der Waals surface area contributed by atoms with Gasteiger partial charge in [-0.05, 0) is 19.1 Å². The van der Waals surface area contributed by atoms with Crippen molar-refractivity contribution in [2.45, 2.75) is 6.92 Å². The number of anilines is 1. The van der Waals surface area contributed by atoms with Crippen LogP contribution in [0.25, 0.3) is 0 Å². The fourth-order valence-electron chi connectivity index (χ4n) is 0.773. The third kappa shape index (κ3) is 1.65. The van der Waals surface area contributed by atoms with Gasteiger partial charge in [-0.1, -0.05) is 0 Å². The van der Waals surface area contributed by atoms with Crippen molar-refractivity contribution in [3.05, 3.63) is 23.6 Å². The summed E-state index contributed by atoms with van der Waals surface area (Å²) >= 11 is 0. The highest BCUT2D eigenvalue weighted by Gasteiger charge is 2.04. The summed E-state index contributed by atoms with van der Waals surface area (Å²) in [6.45, 7) is 1.78. The van der Waals surface area contributed by atoms with E-state index in [1.54, 1.807) is 20.0 Å². The molecule has 1 rings (SSSR count). The molecule has 0 radical (unpaired) electrons. The highest BCUT2D eigenvalue weighted by Crippen LogP contribution is 2.11. The Labute approximate surface area is 64.6 Å². The molecule has 1 aromatic heterocycles. The smallest absolute Gasteiger partial charge is 0.179 e. The van der Waals surface area contributed by atoms with E-state index in [4.69, 9.17) is 5.84 Å². The van der Waals surface area contributed by atoms with Gasteiger partial charge in [0.05, 0.1) is 0 Å². The molecule has 0 saturated carbocycles. The molecule has 0 fully saturated rings. The number of aromatic nitrogens is 1. The minimum absolute atomic E-state index is 0.171. The van der Waals surface area contributed by atoms with Gasteiger partial charge in [0.25, 0.3) is 0 Å².